The first-order chi connectivity index (χ1) is 15.3. The van der Waals surface area contributed by atoms with Gasteiger partial charge < -0.3 is 24.5 Å². The molecule has 0 saturated carbocycles. The molecule has 1 aliphatic heterocycles. The van der Waals surface area contributed by atoms with E-state index < -0.39 is 0 Å². The van der Waals surface area contributed by atoms with E-state index in [1.54, 1.807) is 6.26 Å². The molecule has 0 spiro atoms. The van der Waals surface area contributed by atoms with Crippen molar-refractivity contribution >= 4 is 5.96 Å². The molecule has 1 saturated heterocycles. The molecule has 0 aliphatic carbocycles. The van der Waals surface area contributed by atoms with Crippen molar-refractivity contribution < 1.29 is 13.9 Å². The number of aliphatic imine (C=N–C) groups is 1. The summed E-state index contributed by atoms with van der Waals surface area (Å²) in [6, 6.07) is 14.2. The maximum absolute atomic E-state index is 5.86. The summed E-state index contributed by atoms with van der Waals surface area (Å²) in [5, 5.41) is 6.90. The molecule has 2 aromatic rings. The van der Waals surface area contributed by atoms with E-state index in [-0.39, 0.29) is 0 Å². The fourth-order valence-corrected chi connectivity index (χ4v) is 3.34. The van der Waals surface area contributed by atoms with Crippen LogP contribution in [0.1, 0.15) is 18.2 Å². The zero-order valence-electron chi connectivity index (χ0n) is 18.6. The second-order valence-electron chi connectivity index (χ2n) is 7.93. The lowest BCUT2D eigenvalue weighted by atomic mass is 10.2. The third-order valence-electron chi connectivity index (χ3n) is 5.14. The normalized spacial score (nSPS) is 16.2. The van der Waals surface area contributed by atoms with Gasteiger partial charge in [-0.2, -0.15) is 0 Å². The standard InChI is InChI=1S/C24H36N4O3/c1-21(19-30-20-22-6-3-2-4-7-22)18-27-24(25-10-9-23-8-5-15-31-23)26-11-12-28-13-16-29-17-14-28/h2-8,15,21H,9-14,16-20H2,1H3,(H2,25,26,27). The highest BCUT2D eigenvalue weighted by Crippen LogP contribution is 2.04. The second-order valence-corrected chi connectivity index (χ2v) is 7.93. The lowest BCUT2D eigenvalue weighted by Crippen LogP contribution is -2.45. The number of ether oxygens (including phenoxy) is 2. The van der Waals surface area contributed by atoms with E-state index in [2.05, 4.69) is 34.6 Å². The number of hydrogen-bond acceptors (Lipinski definition) is 5. The lowest BCUT2D eigenvalue weighted by molar-refractivity contribution is 0.0389. The summed E-state index contributed by atoms with van der Waals surface area (Å²) in [6.45, 7) is 10.5. The van der Waals surface area contributed by atoms with Gasteiger partial charge in [0, 0.05) is 45.7 Å². The molecule has 7 heteroatoms. The van der Waals surface area contributed by atoms with Crippen molar-refractivity contribution in [3.63, 3.8) is 0 Å². The van der Waals surface area contributed by atoms with Crippen molar-refractivity contribution in [2.45, 2.75) is 20.0 Å². The van der Waals surface area contributed by atoms with Gasteiger partial charge in [-0.1, -0.05) is 37.3 Å². The van der Waals surface area contributed by atoms with Gasteiger partial charge in [0.15, 0.2) is 5.96 Å². The Morgan fingerprint density at radius 3 is 2.68 bits per heavy atom. The highest BCUT2D eigenvalue weighted by atomic mass is 16.5. The summed E-state index contributed by atoms with van der Waals surface area (Å²) in [5.41, 5.74) is 1.20. The van der Waals surface area contributed by atoms with E-state index in [0.29, 0.717) is 25.7 Å². The lowest BCUT2D eigenvalue weighted by Gasteiger charge is -2.26. The quantitative estimate of drug-likeness (QED) is 0.400. The van der Waals surface area contributed by atoms with E-state index in [1.807, 2.05) is 30.3 Å². The van der Waals surface area contributed by atoms with Crippen molar-refractivity contribution in [1.82, 2.24) is 15.5 Å². The van der Waals surface area contributed by atoms with Crippen LogP contribution in [-0.2, 0) is 22.5 Å². The van der Waals surface area contributed by atoms with Gasteiger partial charge in [0.05, 0.1) is 32.7 Å². The molecule has 1 aromatic heterocycles. The zero-order valence-corrected chi connectivity index (χ0v) is 18.6. The third kappa shape index (κ3) is 9.55. The summed E-state index contributed by atoms with van der Waals surface area (Å²) in [4.78, 5) is 7.21. The molecule has 0 radical (unpaired) electrons. The van der Waals surface area contributed by atoms with Crippen LogP contribution in [0.2, 0.25) is 0 Å². The van der Waals surface area contributed by atoms with Gasteiger partial charge >= 0.3 is 0 Å². The Morgan fingerprint density at radius 2 is 1.90 bits per heavy atom. The van der Waals surface area contributed by atoms with Gasteiger partial charge in [-0.15, -0.1) is 0 Å². The highest BCUT2D eigenvalue weighted by Gasteiger charge is 2.10. The molecule has 1 aromatic carbocycles. The summed E-state index contributed by atoms with van der Waals surface area (Å²) in [6.07, 6.45) is 2.54. The molecule has 1 fully saturated rings. The molecule has 1 aliphatic rings. The molecule has 1 atom stereocenters. The molecule has 0 amide bonds. The minimum absolute atomic E-state index is 0.339. The van der Waals surface area contributed by atoms with Crippen molar-refractivity contribution in [2.75, 3.05) is 59.1 Å². The highest BCUT2D eigenvalue weighted by molar-refractivity contribution is 5.79. The Kier molecular flexibility index (Phi) is 10.4. The molecule has 2 heterocycles. The number of nitrogens with one attached hydrogen (secondary N) is 2. The molecule has 31 heavy (non-hydrogen) atoms. The van der Waals surface area contributed by atoms with Gasteiger partial charge in [0.2, 0.25) is 0 Å². The van der Waals surface area contributed by atoms with Gasteiger partial charge in [-0.3, -0.25) is 9.89 Å². The van der Waals surface area contributed by atoms with Crippen LogP contribution in [0.15, 0.2) is 58.1 Å². The van der Waals surface area contributed by atoms with Crippen LogP contribution >= 0.6 is 0 Å². The van der Waals surface area contributed by atoms with E-state index in [4.69, 9.17) is 18.9 Å². The Labute approximate surface area is 185 Å². The molecule has 0 bridgehead atoms. The Morgan fingerprint density at radius 1 is 1.10 bits per heavy atom. The number of guanidine groups is 1. The molecule has 1 unspecified atom stereocenters. The van der Waals surface area contributed by atoms with Crippen LogP contribution in [0.5, 0.6) is 0 Å². The maximum atomic E-state index is 5.86. The van der Waals surface area contributed by atoms with Crippen LogP contribution in [0.3, 0.4) is 0 Å². The molecule has 2 N–H and O–H groups in total. The van der Waals surface area contributed by atoms with Crippen LogP contribution < -0.4 is 10.6 Å². The predicted octanol–water partition coefficient (Wildman–Crippen LogP) is 2.54. The van der Waals surface area contributed by atoms with Crippen molar-refractivity contribution in [2.24, 2.45) is 10.9 Å². The summed E-state index contributed by atoms with van der Waals surface area (Å²) >= 11 is 0. The molecule has 170 valence electrons. The van der Waals surface area contributed by atoms with Crippen LogP contribution in [0, 0.1) is 5.92 Å². The Bertz CT molecular complexity index is 731. The van der Waals surface area contributed by atoms with E-state index in [0.717, 1.165) is 64.1 Å². The number of furan rings is 1. The SMILES string of the molecule is CC(CN=C(NCCc1ccco1)NCCN1CCOCC1)COCc1ccccc1. The number of hydrogen-bond donors (Lipinski definition) is 2. The number of morpholine rings is 1. The number of benzene rings is 1. The summed E-state index contributed by atoms with van der Waals surface area (Å²) in [7, 11) is 0. The third-order valence-corrected chi connectivity index (χ3v) is 5.14. The van der Waals surface area contributed by atoms with Crippen molar-refractivity contribution in [3.8, 4) is 0 Å². The average Bonchev–Trinajstić information content (AvgIpc) is 3.32. The van der Waals surface area contributed by atoms with E-state index >= 15 is 0 Å². The topological polar surface area (TPSA) is 71.3 Å². The van der Waals surface area contributed by atoms with E-state index in [9.17, 15) is 0 Å². The van der Waals surface area contributed by atoms with Crippen LogP contribution in [0.25, 0.3) is 0 Å². The minimum atomic E-state index is 0.339. The largest absolute Gasteiger partial charge is 0.469 e. The summed E-state index contributed by atoms with van der Waals surface area (Å²) in [5.74, 6) is 2.16. The molecule has 3 rings (SSSR count). The van der Waals surface area contributed by atoms with Crippen molar-refractivity contribution in [3.05, 3.63) is 60.1 Å². The first-order valence-corrected chi connectivity index (χ1v) is 11.3. The predicted molar refractivity (Wildman–Crippen MR) is 123 cm³/mol. The first-order valence-electron chi connectivity index (χ1n) is 11.3. The Balaban J connectivity index is 1.40. The van der Waals surface area contributed by atoms with Gasteiger partial charge in [-0.05, 0) is 23.6 Å². The maximum Gasteiger partial charge on any atom is 0.191 e. The summed E-state index contributed by atoms with van der Waals surface area (Å²) < 4.78 is 16.7. The fraction of sp³-hybridized carbons (Fsp3) is 0.542. The van der Waals surface area contributed by atoms with E-state index in [1.165, 1.54) is 5.56 Å². The van der Waals surface area contributed by atoms with Crippen LogP contribution in [-0.4, -0.2) is 69.9 Å². The van der Waals surface area contributed by atoms with Crippen LogP contribution in [0.4, 0.5) is 0 Å². The second kappa shape index (κ2) is 13.9. The number of rotatable bonds is 12. The van der Waals surface area contributed by atoms with Gasteiger partial charge in [-0.25, -0.2) is 0 Å². The number of nitrogens with zero attached hydrogens (tertiary/aromatic N) is 2. The van der Waals surface area contributed by atoms with Gasteiger partial charge in [0.1, 0.15) is 5.76 Å². The first kappa shape index (κ1) is 23.3. The molecular weight excluding hydrogens is 392 g/mol. The smallest absolute Gasteiger partial charge is 0.191 e. The zero-order chi connectivity index (χ0) is 21.6. The fourth-order valence-electron chi connectivity index (χ4n) is 3.34. The molecule has 7 nitrogen and oxygen atoms in total. The van der Waals surface area contributed by atoms with Gasteiger partial charge in [0.25, 0.3) is 0 Å². The monoisotopic (exact) mass is 428 g/mol. The Hall–Kier alpha value is -2.35. The van der Waals surface area contributed by atoms with Crippen molar-refractivity contribution in [1.29, 1.82) is 0 Å². The average molecular weight is 429 g/mol. The molecular formula is C24H36N4O3. The minimum Gasteiger partial charge on any atom is -0.469 e.